The van der Waals surface area contributed by atoms with Gasteiger partial charge in [-0.05, 0) is 30.5 Å². The third-order valence-electron chi connectivity index (χ3n) is 3.30. The average molecular weight is 294 g/mol. The van der Waals surface area contributed by atoms with Gasteiger partial charge in [-0.25, -0.2) is 0 Å². The monoisotopic (exact) mass is 293 g/mol. The summed E-state index contributed by atoms with van der Waals surface area (Å²) in [5, 5.41) is 4.75. The van der Waals surface area contributed by atoms with E-state index in [0.29, 0.717) is 29.1 Å². The molecule has 0 fully saturated rings. The van der Waals surface area contributed by atoms with Crippen molar-refractivity contribution in [2.75, 3.05) is 0 Å². The molecule has 0 aliphatic rings. The maximum atomic E-state index is 6.01. The molecule has 2 rings (SSSR count). The van der Waals surface area contributed by atoms with Gasteiger partial charge in [-0.2, -0.15) is 4.98 Å². The lowest BCUT2D eigenvalue weighted by molar-refractivity contribution is 0.298. The Morgan fingerprint density at radius 1 is 1.30 bits per heavy atom. The first-order valence-corrected chi connectivity index (χ1v) is 7.17. The van der Waals surface area contributed by atoms with E-state index in [9.17, 15) is 0 Å². The number of halogens is 1. The largest absolute Gasteiger partial charge is 0.339 e. The van der Waals surface area contributed by atoms with Crippen LogP contribution in [-0.2, 0) is 6.42 Å². The number of nitrogens with zero attached hydrogens (tertiary/aromatic N) is 2. The molecule has 4 nitrogen and oxygen atoms in total. The Balaban J connectivity index is 2.16. The van der Waals surface area contributed by atoms with E-state index in [1.54, 1.807) is 0 Å². The number of hydrogen-bond donors (Lipinski definition) is 1. The number of aromatic nitrogens is 2. The van der Waals surface area contributed by atoms with E-state index in [1.165, 1.54) is 0 Å². The lowest BCUT2D eigenvalue weighted by Crippen LogP contribution is -2.28. The van der Waals surface area contributed by atoms with Gasteiger partial charge in [-0.3, -0.25) is 0 Å². The highest BCUT2D eigenvalue weighted by Gasteiger charge is 2.26. The van der Waals surface area contributed by atoms with Crippen molar-refractivity contribution in [3.05, 3.63) is 46.6 Å². The summed E-state index contributed by atoms with van der Waals surface area (Å²) in [6.45, 7) is 6.18. The van der Waals surface area contributed by atoms with Crippen molar-refractivity contribution >= 4 is 11.6 Å². The Kier molecular flexibility index (Phi) is 4.78. The van der Waals surface area contributed by atoms with Gasteiger partial charge >= 0.3 is 0 Å². The number of hydrogen-bond acceptors (Lipinski definition) is 4. The molecular weight excluding hydrogens is 274 g/mol. The molecule has 0 saturated heterocycles. The minimum atomic E-state index is -0.0190. The van der Waals surface area contributed by atoms with Crippen LogP contribution in [-0.4, -0.2) is 16.2 Å². The number of benzene rings is 1. The molecule has 2 aromatic rings. The Morgan fingerprint density at radius 3 is 2.65 bits per heavy atom. The zero-order valence-electron chi connectivity index (χ0n) is 12.0. The molecule has 0 aliphatic heterocycles. The Labute approximate surface area is 124 Å². The summed E-state index contributed by atoms with van der Waals surface area (Å²) < 4.78 is 5.38. The van der Waals surface area contributed by atoms with Gasteiger partial charge in [0, 0.05) is 17.5 Å². The summed E-state index contributed by atoms with van der Waals surface area (Å²) in [4.78, 5) is 4.48. The summed E-state index contributed by atoms with van der Waals surface area (Å²) in [6.07, 6.45) is 0.605. The molecule has 1 heterocycles. The maximum Gasteiger partial charge on any atom is 0.231 e. The molecule has 5 heteroatoms. The highest BCUT2D eigenvalue weighted by Crippen LogP contribution is 2.26. The van der Waals surface area contributed by atoms with Crippen LogP contribution in [0.4, 0.5) is 0 Å². The smallest absolute Gasteiger partial charge is 0.231 e. The first kappa shape index (κ1) is 15.0. The number of rotatable bonds is 5. The Hall–Kier alpha value is -1.39. The van der Waals surface area contributed by atoms with Crippen LogP contribution >= 0.6 is 11.6 Å². The predicted octanol–water partition coefficient (Wildman–Crippen LogP) is 3.40. The van der Waals surface area contributed by atoms with Gasteiger partial charge in [-0.15, -0.1) is 0 Å². The van der Waals surface area contributed by atoms with E-state index in [-0.39, 0.29) is 12.0 Å². The quantitative estimate of drug-likeness (QED) is 0.917. The highest BCUT2D eigenvalue weighted by molar-refractivity contribution is 6.30. The summed E-state index contributed by atoms with van der Waals surface area (Å²) in [7, 11) is 0. The highest BCUT2D eigenvalue weighted by atomic mass is 35.5. The SMILES string of the molecule is CC(C)C(c1nc(Cc2cccc(Cl)c2)no1)C(C)N. The average Bonchev–Trinajstić information content (AvgIpc) is 2.76. The summed E-state index contributed by atoms with van der Waals surface area (Å²) >= 11 is 5.97. The lowest BCUT2D eigenvalue weighted by Gasteiger charge is -2.20. The number of nitrogens with two attached hydrogens (primary N) is 1. The minimum Gasteiger partial charge on any atom is -0.339 e. The van der Waals surface area contributed by atoms with Gasteiger partial charge in [0.2, 0.25) is 5.89 Å². The molecule has 108 valence electrons. The van der Waals surface area contributed by atoms with Crippen molar-refractivity contribution in [1.29, 1.82) is 0 Å². The third-order valence-corrected chi connectivity index (χ3v) is 3.54. The van der Waals surface area contributed by atoms with E-state index in [0.717, 1.165) is 5.56 Å². The molecule has 0 bridgehead atoms. The van der Waals surface area contributed by atoms with Gasteiger partial charge < -0.3 is 10.3 Å². The van der Waals surface area contributed by atoms with Crippen LogP contribution in [0.3, 0.4) is 0 Å². The van der Waals surface area contributed by atoms with Gasteiger partial charge in [0.15, 0.2) is 5.82 Å². The van der Waals surface area contributed by atoms with Crippen LogP contribution in [0.15, 0.2) is 28.8 Å². The second-order valence-corrected chi connectivity index (χ2v) is 5.92. The van der Waals surface area contributed by atoms with E-state index >= 15 is 0 Å². The van der Waals surface area contributed by atoms with E-state index in [2.05, 4.69) is 24.0 Å². The molecule has 2 atom stereocenters. The third kappa shape index (κ3) is 3.58. The van der Waals surface area contributed by atoms with Crippen LogP contribution in [0.5, 0.6) is 0 Å². The van der Waals surface area contributed by atoms with Crippen molar-refractivity contribution < 1.29 is 4.52 Å². The molecule has 2 N–H and O–H groups in total. The fraction of sp³-hybridized carbons (Fsp3) is 0.467. The van der Waals surface area contributed by atoms with Crippen LogP contribution in [0.25, 0.3) is 0 Å². The second kappa shape index (κ2) is 6.37. The normalized spacial score (nSPS) is 14.5. The van der Waals surface area contributed by atoms with E-state index in [1.807, 2.05) is 31.2 Å². The van der Waals surface area contributed by atoms with Crippen LogP contribution < -0.4 is 5.73 Å². The molecule has 20 heavy (non-hydrogen) atoms. The summed E-state index contributed by atoms with van der Waals surface area (Å²) in [6, 6.07) is 7.64. The molecule has 1 aromatic heterocycles. The fourth-order valence-corrected chi connectivity index (χ4v) is 2.63. The topological polar surface area (TPSA) is 64.9 Å². The van der Waals surface area contributed by atoms with Crippen molar-refractivity contribution in [2.45, 2.75) is 39.2 Å². The van der Waals surface area contributed by atoms with Gasteiger partial charge in [0.05, 0.1) is 5.92 Å². The molecule has 2 unspecified atom stereocenters. The predicted molar refractivity (Wildman–Crippen MR) is 79.8 cm³/mol. The van der Waals surface area contributed by atoms with Gasteiger partial charge in [0.1, 0.15) is 0 Å². The van der Waals surface area contributed by atoms with Gasteiger partial charge in [-0.1, -0.05) is 42.7 Å². The van der Waals surface area contributed by atoms with Crippen molar-refractivity contribution in [2.24, 2.45) is 11.7 Å². The second-order valence-electron chi connectivity index (χ2n) is 5.48. The Bertz CT molecular complexity index is 558. The van der Waals surface area contributed by atoms with Crippen molar-refractivity contribution in [3.63, 3.8) is 0 Å². The maximum absolute atomic E-state index is 6.01. The molecule has 0 amide bonds. The molecule has 0 aliphatic carbocycles. The first-order chi connectivity index (χ1) is 9.47. The van der Waals surface area contributed by atoms with E-state index in [4.69, 9.17) is 21.9 Å². The van der Waals surface area contributed by atoms with Crippen LogP contribution in [0.2, 0.25) is 5.02 Å². The molecule has 1 aromatic carbocycles. The van der Waals surface area contributed by atoms with Crippen LogP contribution in [0.1, 0.15) is 44.0 Å². The lowest BCUT2D eigenvalue weighted by atomic mass is 9.90. The molecular formula is C15H20ClN3O. The van der Waals surface area contributed by atoms with Crippen molar-refractivity contribution in [1.82, 2.24) is 10.1 Å². The molecule has 0 saturated carbocycles. The minimum absolute atomic E-state index is 0.0190. The standard InChI is InChI=1S/C15H20ClN3O/c1-9(2)14(10(3)17)15-18-13(19-20-15)8-11-5-4-6-12(16)7-11/h4-7,9-10,14H,8,17H2,1-3H3. The zero-order chi connectivity index (χ0) is 14.7. The summed E-state index contributed by atoms with van der Waals surface area (Å²) in [5.74, 6) is 1.71. The molecule has 0 spiro atoms. The fourth-order valence-electron chi connectivity index (χ4n) is 2.42. The van der Waals surface area contributed by atoms with E-state index < -0.39 is 0 Å². The van der Waals surface area contributed by atoms with Crippen molar-refractivity contribution in [3.8, 4) is 0 Å². The zero-order valence-corrected chi connectivity index (χ0v) is 12.8. The van der Waals surface area contributed by atoms with Gasteiger partial charge in [0.25, 0.3) is 0 Å². The Morgan fingerprint density at radius 2 is 2.05 bits per heavy atom. The summed E-state index contributed by atoms with van der Waals surface area (Å²) in [5.41, 5.74) is 7.07. The molecule has 0 radical (unpaired) electrons. The first-order valence-electron chi connectivity index (χ1n) is 6.80. The van der Waals surface area contributed by atoms with Crippen LogP contribution in [0, 0.1) is 5.92 Å².